The molecule has 0 N–H and O–H groups in total. The summed E-state index contributed by atoms with van der Waals surface area (Å²) in [6.45, 7) is 25.5. The van der Waals surface area contributed by atoms with Gasteiger partial charge in [-0.25, -0.2) is 0 Å². The van der Waals surface area contributed by atoms with Gasteiger partial charge in [-0.3, -0.25) is 9.97 Å². The number of rotatable bonds is 4. The molecule has 2 aromatic rings. The van der Waals surface area contributed by atoms with Gasteiger partial charge < -0.3 is 0 Å². The van der Waals surface area contributed by atoms with Crippen LogP contribution in [0.1, 0.15) is 137 Å². The Morgan fingerprint density at radius 2 is 1.00 bits per heavy atom. The third-order valence-corrected chi connectivity index (χ3v) is 4.18. The smallest absolute Gasteiger partial charge is 0.0431 e. The molecule has 168 valence electrons. The quantitative estimate of drug-likeness (QED) is 0.509. The number of hydrogen-bond donors (Lipinski definition) is 0. The van der Waals surface area contributed by atoms with Crippen LogP contribution >= 0.6 is 0 Å². The SMILES string of the molecule is C.CC.CC.CC(C)c1ccnc(C(C)C)c1.CC(C)c1cncc(C(C)C)c1. The number of hydrogen-bond acceptors (Lipinski definition) is 2. The third-order valence-electron chi connectivity index (χ3n) is 4.18. The first-order chi connectivity index (χ1) is 13.2. The van der Waals surface area contributed by atoms with Crippen molar-refractivity contribution < 1.29 is 0 Å². The van der Waals surface area contributed by atoms with Gasteiger partial charge in [-0.2, -0.15) is 0 Å². The lowest BCUT2D eigenvalue weighted by Crippen LogP contribution is -1.95. The molecule has 0 spiro atoms. The fourth-order valence-electron chi connectivity index (χ4n) is 2.25. The second kappa shape index (κ2) is 18.3. The molecule has 0 aromatic carbocycles. The summed E-state index contributed by atoms with van der Waals surface area (Å²) in [7, 11) is 0. The van der Waals surface area contributed by atoms with E-state index in [4.69, 9.17) is 0 Å². The lowest BCUT2D eigenvalue weighted by molar-refractivity contribution is 0.799. The van der Waals surface area contributed by atoms with E-state index in [1.54, 1.807) is 0 Å². The van der Waals surface area contributed by atoms with Gasteiger partial charge in [0.25, 0.3) is 0 Å². The van der Waals surface area contributed by atoms with Crippen molar-refractivity contribution in [3.05, 3.63) is 59.2 Å². The lowest BCUT2D eigenvalue weighted by atomic mass is 9.99. The monoisotopic (exact) mass is 402 g/mol. The van der Waals surface area contributed by atoms with Crippen molar-refractivity contribution in [2.75, 3.05) is 0 Å². The van der Waals surface area contributed by atoms with Crippen LogP contribution in [0.4, 0.5) is 0 Å². The molecule has 0 fully saturated rings. The fraction of sp³-hybridized carbons (Fsp3) is 0.630. The Morgan fingerprint density at radius 1 is 0.586 bits per heavy atom. The predicted molar refractivity (Wildman–Crippen MR) is 134 cm³/mol. The third kappa shape index (κ3) is 13.2. The summed E-state index contributed by atoms with van der Waals surface area (Å²) in [5.41, 5.74) is 5.25. The van der Waals surface area contributed by atoms with E-state index in [-0.39, 0.29) is 7.43 Å². The average Bonchev–Trinajstić information content (AvgIpc) is 2.71. The summed E-state index contributed by atoms with van der Waals surface area (Å²) in [5, 5.41) is 0. The average molecular weight is 403 g/mol. The molecule has 0 unspecified atom stereocenters. The largest absolute Gasteiger partial charge is 0.264 e. The Morgan fingerprint density at radius 3 is 1.34 bits per heavy atom. The van der Waals surface area contributed by atoms with Crippen molar-refractivity contribution >= 4 is 0 Å². The van der Waals surface area contributed by atoms with E-state index in [1.165, 1.54) is 22.4 Å². The summed E-state index contributed by atoms with van der Waals surface area (Å²) < 4.78 is 0. The molecule has 2 heterocycles. The maximum atomic E-state index is 4.32. The van der Waals surface area contributed by atoms with Gasteiger partial charge in [0.1, 0.15) is 0 Å². The molecule has 2 heteroatoms. The zero-order valence-electron chi connectivity index (χ0n) is 20.7. The first-order valence-electron chi connectivity index (χ1n) is 11.1. The van der Waals surface area contributed by atoms with E-state index in [1.807, 2.05) is 46.3 Å². The molecule has 0 saturated heterocycles. The molecule has 2 nitrogen and oxygen atoms in total. The van der Waals surface area contributed by atoms with Gasteiger partial charge >= 0.3 is 0 Å². The highest BCUT2D eigenvalue weighted by atomic mass is 14.7. The highest BCUT2D eigenvalue weighted by Gasteiger charge is 2.04. The fourth-order valence-corrected chi connectivity index (χ4v) is 2.25. The Balaban J connectivity index is -0.000000386. The molecular formula is C27H50N2. The molecule has 0 amide bonds. The number of pyridine rings is 2. The second-order valence-electron chi connectivity index (χ2n) is 7.68. The van der Waals surface area contributed by atoms with E-state index < -0.39 is 0 Å². The normalized spacial score (nSPS) is 9.66. The zero-order chi connectivity index (χ0) is 22.3. The lowest BCUT2D eigenvalue weighted by Gasteiger charge is -2.09. The van der Waals surface area contributed by atoms with Crippen LogP contribution in [0.3, 0.4) is 0 Å². The molecule has 0 saturated carbocycles. The standard InChI is InChI=1S/2C11H17N.2C2H6.CH4/c1-8(2)10-5-11(9(3)4)7-12-6-10;1-8(2)10-5-6-12-11(7-10)9(3)4;2*1-2;/h2*5-9H,1-4H3;2*1-2H3;1H4. The Labute approximate surface area is 183 Å². The summed E-state index contributed by atoms with van der Waals surface area (Å²) in [4.78, 5) is 8.55. The number of nitrogens with zero attached hydrogens (tertiary/aromatic N) is 2. The molecule has 0 aliphatic rings. The number of aromatic nitrogens is 2. The first kappa shape index (κ1) is 32.0. The maximum absolute atomic E-state index is 4.32. The minimum atomic E-state index is 0. The van der Waals surface area contributed by atoms with Crippen LogP contribution in [0.15, 0.2) is 36.8 Å². The van der Waals surface area contributed by atoms with Gasteiger partial charge in [0.15, 0.2) is 0 Å². The molecular weight excluding hydrogens is 352 g/mol. The van der Waals surface area contributed by atoms with Crippen molar-refractivity contribution in [2.45, 2.75) is 114 Å². The van der Waals surface area contributed by atoms with Crippen LogP contribution in [-0.4, -0.2) is 9.97 Å². The molecule has 0 bridgehead atoms. The highest BCUT2D eigenvalue weighted by Crippen LogP contribution is 2.19. The predicted octanol–water partition coefficient (Wildman–Crippen LogP) is 9.35. The highest BCUT2D eigenvalue weighted by molar-refractivity contribution is 5.23. The molecule has 29 heavy (non-hydrogen) atoms. The van der Waals surface area contributed by atoms with E-state index in [9.17, 15) is 0 Å². The van der Waals surface area contributed by atoms with E-state index >= 15 is 0 Å². The van der Waals surface area contributed by atoms with Crippen LogP contribution < -0.4 is 0 Å². The molecule has 0 aliphatic heterocycles. The molecule has 2 aromatic heterocycles. The van der Waals surface area contributed by atoms with Crippen LogP contribution in [0.2, 0.25) is 0 Å². The molecule has 0 radical (unpaired) electrons. The van der Waals surface area contributed by atoms with Gasteiger partial charge in [-0.05, 0) is 52.5 Å². The van der Waals surface area contributed by atoms with Gasteiger partial charge in [0.2, 0.25) is 0 Å². The maximum Gasteiger partial charge on any atom is 0.0431 e. The zero-order valence-corrected chi connectivity index (χ0v) is 20.7. The van der Waals surface area contributed by atoms with Crippen molar-refractivity contribution in [3.63, 3.8) is 0 Å². The molecule has 0 aliphatic carbocycles. The van der Waals surface area contributed by atoms with Crippen molar-refractivity contribution in [1.82, 2.24) is 9.97 Å². The topological polar surface area (TPSA) is 25.8 Å². The Kier molecular flexibility index (Phi) is 20.2. The summed E-state index contributed by atoms with van der Waals surface area (Å²) in [6.07, 6.45) is 5.82. The summed E-state index contributed by atoms with van der Waals surface area (Å²) >= 11 is 0. The first-order valence-corrected chi connectivity index (χ1v) is 11.1. The molecule has 2 rings (SSSR count). The summed E-state index contributed by atoms with van der Waals surface area (Å²) in [5.74, 6) is 2.29. The van der Waals surface area contributed by atoms with E-state index in [2.05, 4.69) is 83.6 Å². The van der Waals surface area contributed by atoms with E-state index in [0.29, 0.717) is 23.7 Å². The van der Waals surface area contributed by atoms with Crippen molar-refractivity contribution in [1.29, 1.82) is 0 Å². The summed E-state index contributed by atoms with van der Waals surface area (Å²) in [6, 6.07) is 6.55. The van der Waals surface area contributed by atoms with Gasteiger partial charge in [0.05, 0.1) is 0 Å². The second-order valence-corrected chi connectivity index (χ2v) is 7.68. The van der Waals surface area contributed by atoms with Crippen LogP contribution in [0.5, 0.6) is 0 Å². The van der Waals surface area contributed by atoms with Crippen LogP contribution in [-0.2, 0) is 0 Å². The van der Waals surface area contributed by atoms with E-state index in [0.717, 1.165) is 0 Å². The minimum Gasteiger partial charge on any atom is -0.264 e. The minimum absolute atomic E-state index is 0. The molecule has 0 atom stereocenters. The Bertz CT molecular complexity index is 511. The van der Waals surface area contributed by atoms with Gasteiger partial charge in [0, 0.05) is 24.3 Å². The van der Waals surface area contributed by atoms with Crippen molar-refractivity contribution in [3.8, 4) is 0 Å². The van der Waals surface area contributed by atoms with Crippen LogP contribution in [0, 0.1) is 0 Å². The van der Waals surface area contributed by atoms with Crippen molar-refractivity contribution in [2.24, 2.45) is 0 Å². The van der Waals surface area contributed by atoms with Crippen LogP contribution in [0.25, 0.3) is 0 Å². The van der Waals surface area contributed by atoms with Gasteiger partial charge in [-0.1, -0.05) is 96.6 Å². The van der Waals surface area contributed by atoms with Gasteiger partial charge in [-0.15, -0.1) is 0 Å². The Hall–Kier alpha value is -1.70.